The lowest BCUT2D eigenvalue weighted by atomic mass is 9.91. The molecule has 0 saturated carbocycles. The van der Waals surface area contributed by atoms with Gasteiger partial charge in [0.25, 0.3) is 0 Å². The number of alkyl halides is 1. The van der Waals surface area contributed by atoms with Crippen LogP contribution in [0.2, 0.25) is 0 Å². The maximum atomic E-state index is 11.5. The molecule has 0 aliphatic rings. The van der Waals surface area contributed by atoms with Crippen LogP contribution in [-0.2, 0) is 4.74 Å². The molecule has 4 heteroatoms. The number of hydrogen-bond acceptors (Lipinski definition) is 2. The second-order valence-corrected chi connectivity index (χ2v) is 5.60. The normalized spacial score (nSPS) is 16.0. The minimum atomic E-state index is -0.478. The highest BCUT2D eigenvalue weighted by Gasteiger charge is 2.31. The van der Waals surface area contributed by atoms with Crippen molar-refractivity contribution < 1.29 is 9.53 Å². The van der Waals surface area contributed by atoms with Gasteiger partial charge in [-0.05, 0) is 33.6 Å². The van der Waals surface area contributed by atoms with E-state index in [9.17, 15) is 4.79 Å². The summed E-state index contributed by atoms with van der Waals surface area (Å²) in [7, 11) is 0. The molecule has 0 aliphatic carbocycles. The molecule has 1 atom stereocenters. The summed E-state index contributed by atoms with van der Waals surface area (Å²) in [6, 6.07) is 0. The lowest BCUT2D eigenvalue weighted by Crippen LogP contribution is -2.52. The molecule has 90 valence electrons. The first-order valence-electron chi connectivity index (χ1n) is 5.18. The SMILES string of the molecule is CC(C)C(C)(CCl)NC(=O)OC(C)(C)C. The van der Waals surface area contributed by atoms with E-state index in [4.69, 9.17) is 16.3 Å². The predicted molar refractivity (Wildman–Crippen MR) is 63.3 cm³/mol. The molecule has 1 amide bonds. The van der Waals surface area contributed by atoms with Crippen LogP contribution in [0.4, 0.5) is 4.79 Å². The summed E-state index contributed by atoms with van der Waals surface area (Å²) < 4.78 is 5.18. The standard InChI is InChI=1S/C11H22ClNO2/c1-8(2)11(6,7-12)13-9(14)15-10(3,4)5/h8H,7H2,1-6H3,(H,13,14). The van der Waals surface area contributed by atoms with E-state index in [1.807, 2.05) is 41.5 Å². The Kier molecular flexibility index (Phi) is 4.91. The Labute approximate surface area is 97.5 Å². The molecule has 0 bridgehead atoms. The molecule has 0 radical (unpaired) electrons. The highest BCUT2D eigenvalue weighted by molar-refractivity contribution is 6.18. The van der Waals surface area contributed by atoms with Crippen LogP contribution in [0.25, 0.3) is 0 Å². The van der Waals surface area contributed by atoms with Gasteiger partial charge in [0.15, 0.2) is 0 Å². The van der Waals surface area contributed by atoms with Gasteiger partial charge in [-0.3, -0.25) is 0 Å². The number of amides is 1. The van der Waals surface area contributed by atoms with Gasteiger partial charge in [0.05, 0.1) is 5.54 Å². The van der Waals surface area contributed by atoms with E-state index in [-0.39, 0.29) is 5.92 Å². The highest BCUT2D eigenvalue weighted by atomic mass is 35.5. The van der Waals surface area contributed by atoms with Gasteiger partial charge >= 0.3 is 6.09 Å². The van der Waals surface area contributed by atoms with Crippen LogP contribution in [0.1, 0.15) is 41.5 Å². The maximum absolute atomic E-state index is 11.5. The molecule has 0 heterocycles. The molecule has 3 nitrogen and oxygen atoms in total. The Balaban J connectivity index is 4.39. The van der Waals surface area contributed by atoms with E-state index in [2.05, 4.69) is 5.32 Å². The molecular formula is C11H22ClNO2. The van der Waals surface area contributed by atoms with Gasteiger partial charge in [0.1, 0.15) is 5.60 Å². The van der Waals surface area contributed by atoms with E-state index < -0.39 is 17.2 Å². The zero-order valence-corrected chi connectivity index (χ0v) is 11.2. The van der Waals surface area contributed by atoms with Gasteiger partial charge in [-0.15, -0.1) is 11.6 Å². The van der Waals surface area contributed by atoms with Gasteiger partial charge in [-0.1, -0.05) is 13.8 Å². The molecule has 1 N–H and O–H groups in total. The second-order valence-electron chi connectivity index (χ2n) is 5.33. The first-order chi connectivity index (χ1) is 6.60. The van der Waals surface area contributed by atoms with E-state index in [1.165, 1.54) is 0 Å². The van der Waals surface area contributed by atoms with E-state index >= 15 is 0 Å². The Morgan fingerprint density at radius 3 is 2.07 bits per heavy atom. The minimum absolute atomic E-state index is 0.252. The molecule has 15 heavy (non-hydrogen) atoms. The third kappa shape index (κ3) is 5.26. The molecule has 0 saturated heterocycles. The van der Waals surface area contributed by atoms with Crippen LogP contribution < -0.4 is 5.32 Å². The predicted octanol–water partition coefficient (Wildman–Crippen LogP) is 3.16. The summed E-state index contributed by atoms with van der Waals surface area (Å²) in [5.74, 6) is 0.617. The van der Waals surface area contributed by atoms with Crippen LogP contribution >= 0.6 is 11.6 Å². The first kappa shape index (κ1) is 14.6. The van der Waals surface area contributed by atoms with Crippen molar-refractivity contribution in [2.45, 2.75) is 52.7 Å². The zero-order valence-electron chi connectivity index (χ0n) is 10.5. The number of carbonyl (C=O) groups excluding carboxylic acids is 1. The molecule has 0 rings (SSSR count). The van der Waals surface area contributed by atoms with Gasteiger partial charge < -0.3 is 10.1 Å². The first-order valence-corrected chi connectivity index (χ1v) is 5.71. The summed E-state index contributed by atoms with van der Waals surface area (Å²) in [5.41, 5.74) is -0.905. The number of carbonyl (C=O) groups is 1. The molecular weight excluding hydrogens is 214 g/mol. The molecule has 0 aromatic rings. The maximum Gasteiger partial charge on any atom is 0.408 e. The number of hydrogen-bond donors (Lipinski definition) is 1. The van der Waals surface area contributed by atoms with Crippen molar-refractivity contribution >= 4 is 17.7 Å². The average Bonchev–Trinajstić information content (AvgIpc) is 1.99. The lowest BCUT2D eigenvalue weighted by Gasteiger charge is -2.33. The number of nitrogens with one attached hydrogen (secondary N) is 1. The molecule has 0 aromatic heterocycles. The van der Waals surface area contributed by atoms with Crippen molar-refractivity contribution in [3.8, 4) is 0 Å². The van der Waals surface area contributed by atoms with Crippen LogP contribution in [0, 0.1) is 5.92 Å². The zero-order chi connectivity index (χ0) is 12.3. The van der Waals surface area contributed by atoms with Crippen molar-refractivity contribution in [3.05, 3.63) is 0 Å². The second kappa shape index (κ2) is 5.06. The molecule has 0 aromatic carbocycles. The Morgan fingerprint density at radius 2 is 1.80 bits per heavy atom. The summed E-state index contributed by atoms with van der Waals surface area (Å²) in [6.45, 7) is 11.4. The van der Waals surface area contributed by atoms with Crippen LogP contribution in [0.5, 0.6) is 0 Å². The third-order valence-electron chi connectivity index (χ3n) is 2.34. The smallest absolute Gasteiger partial charge is 0.408 e. The fourth-order valence-electron chi connectivity index (χ4n) is 0.869. The topological polar surface area (TPSA) is 38.3 Å². The van der Waals surface area contributed by atoms with Crippen molar-refractivity contribution in [1.82, 2.24) is 5.32 Å². The summed E-state index contributed by atoms with van der Waals surface area (Å²) in [6.07, 6.45) is -0.417. The van der Waals surface area contributed by atoms with Gasteiger partial charge in [0.2, 0.25) is 0 Å². The lowest BCUT2D eigenvalue weighted by molar-refractivity contribution is 0.0448. The fraction of sp³-hybridized carbons (Fsp3) is 0.909. The van der Waals surface area contributed by atoms with Crippen molar-refractivity contribution in [2.24, 2.45) is 5.92 Å². The largest absolute Gasteiger partial charge is 0.444 e. The number of rotatable bonds is 3. The minimum Gasteiger partial charge on any atom is -0.444 e. The van der Waals surface area contributed by atoms with E-state index in [0.29, 0.717) is 5.88 Å². The third-order valence-corrected chi connectivity index (χ3v) is 2.89. The summed E-state index contributed by atoms with van der Waals surface area (Å²) in [4.78, 5) is 11.5. The number of ether oxygens (including phenoxy) is 1. The van der Waals surface area contributed by atoms with E-state index in [0.717, 1.165) is 0 Å². The highest BCUT2D eigenvalue weighted by Crippen LogP contribution is 2.19. The number of halogens is 1. The monoisotopic (exact) mass is 235 g/mol. The Bertz CT molecular complexity index is 223. The average molecular weight is 236 g/mol. The van der Waals surface area contributed by atoms with Crippen molar-refractivity contribution in [2.75, 3.05) is 5.88 Å². The van der Waals surface area contributed by atoms with Crippen LogP contribution in [0.3, 0.4) is 0 Å². The molecule has 0 spiro atoms. The van der Waals surface area contributed by atoms with Crippen molar-refractivity contribution in [3.63, 3.8) is 0 Å². The quantitative estimate of drug-likeness (QED) is 0.764. The van der Waals surface area contributed by atoms with Gasteiger partial charge in [-0.25, -0.2) is 4.79 Å². The Morgan fingerprint density at radius 1 is 1.33 bits per heavy atom. The molecule has 0 fully saturated rings. The molecule has 1 unspecified atom stereocenters. The molecule has 0 aliphatic heterocycles. The van der Waals surface area contributed by atoms with Gasteiger partial charge in [-0.2, -0.15) is 0 Å². The van der Waals surface area contributed by atoms with Crippen LogP contribution in [0.15, 0.2) is 0 Å². The van der Waals surface area contributed by atoms with E-state index in [1.54, 1.807) is 0 Å². The summed E-state index contributed by atoms with van der Waals surface area (Å²) >= 11 is 5.85. The fourth-order valence-corrected chi connectivity index (χ4v) is 1.24. The van der Waals surface area contributed by atoms with Crippen molar-refractivity contribution in [1.29, 1.82) is 0 Å². The Hall–Kier alpha value is -0.440. The number of alkyl carbamates (subject to hydrolysis) is 1. The van der Waals surface area contributed by atoms with Crippen LogP contribution in [-0.4, -0.2) is 23.1 Å². The summed E-state index contributed by atoms with van der Waals surface area (Å²) in [5, 5.41) is 2.81. The van der Waals surface area contributed by atoms with Gasteiger partial charge in [0, 0.05) is 5.88 Å².